The summed E-state index contributed by atoms with van der Waals surface area (Å²) in [5, 5.41) is 0. The van der Waals surface area contributed by atoms with E-state index in [1.807, 2.05) is 32.6 Å². The van der Waals surface area contributed by atoms with Gasteiger partial charge in [-0.15, -0.1) is 0 Å². The maximum atomic E-state index is 13.4. The van der Waals surface area contributed by atoms with Crippen LogP contribution < -0.4 is 0 Å². The lowest BCUT2D eigenvalue weighted by molar-refractivity contribution is -0.146. The van der Waals surface area contributed by atoms with Gasteiger partial charge in [-0.2, -0.15) is 12.6 Å². The SMILES string of the molecule is COC(C)(C)CCOC(C)(C)CC(=O)N(CC(C)(C)C)C(C)(C)CC(C)(C)S. The van der Waals surface area contributed by atoms with Crippen LogP contribution in [0.15, 0.2) is 0 Å². The third-order valence-corrected chi connectivity index (χ3v) is 5.01. The van der Waals surface area contributed by atoms with E-state index in [0.717, 1.165) is 12.8 Å². The van der Waals surface area contributed by atoms with E-state index in [-0.39, 0.29) is 27.2 Å². The minimum atomic E-state index is -0.524. The van der Waals surface area contributed by atoms with Crippen LogP contribution in [0.5, 0.6) is 0 Å². The lowest BCUT2D eigenvalue weighted by Gasteiger charge is -2.46. The Kier molecular flexibility index (Phi) is 9.61. The molecule has 0 spiro atoms. The molecule has 0 atom stereocenters. The van der Waals surface area contributed by atoms with Crippen molar-refractivity contribution in [2.75, 3.05) is 20.3 Å². The largest absolute Gasteiger partial charge is 0.379 e. The maximum Gasteiger partial charge on any atom is 0.225 e. The number of hydrogen-bond acceptors (Lipinski definition) is 4. The van der Waals surface area contributed by atoms with Gasteiger partial charge < -0.3 is 14.4 Å². The molecule has 0 aromatic heterocycles. The minimum Gasteiger partial charge on any atom is -0.379 e. The Morgan fingerprint density at radius 2 is 1.39 bits per heavy atom. The number of carbonyl (C=O) groups is 1. The highest BCUT2D eigenvalue weighted by molar-refractivity contribution is 7.81. The van der Waals surface area contributed by atoms with Gasteiger partial charge in [0.2, 0.25) is 5.91 Å². The van der Waals surface area contributed by atoms with Crippen molar-refractivity contribution in [3.05, 3.63) is 0 Å². The number of carbonyl (C=O) groups excluding carboxylic acids is 1. The van der Waals surface area contributed by atoms with Crippen molar-refractivity contribution in [1.82, 2.24) is 4.90 Å². The molecule has 0 unspecified atom stereocenters. The highest BCUT2D eigenvalue weighted by Crippen LogP contribution is 2.33. The van der Waals surface area contributed by atoms with Gasteiger partial charge in [-0.05, 0) is 59.8 Å². The first kappa shape index (κ1) is 27.7. The molecule has 0 bridgehead atoms. The standard InChI is InChI=1S/C23H47NO3S/c1-19(2,3)17-24(20(4,5)16-23(10,11)28)18(25)15-22(8,9)27-14-13-21(6,7)26-12/h28H,13-17H2,1-12H3. The van der Waals surface area contributed by atoms with Gasteiger partial charge in [0.05, 0.1) is 24.2 Å². The van der Waals surface area contributed by atoms with E-state index in [9.17, 15) is 4.79 Å². The van der Waals surface area contributed by atoms with Crippen molar-refractivity contribution >= 4 is 18.5 Å². The molecule has 0 aliphatic heterocycles. The monoisotopic (exact) mass is 417 g/mol. The van der Waals surface area contributed by atoms with Crippen LogP contribution in [-0.2, 0) is 14.3 Å². The van der Waals surface area contributed by atoms with Gasteiger partial charge in [0.15, 0.2) is 0 Å². The molecule has 5 heteroatoms. The predicted octanol–water partition coefficient (Wildman–Crippen LogP) is 5.74. The van der Waals surface area contributed by atoms with E-state index < -0.39 is 5.60 Å². The topological polar surface area (TPSA) is 38.8 Å². The van der Waals surface area contributed by atoms with Crippen molar-refractivity contribution in [3.8, 4) is 0 Å². The van der Waals surface area contributed by atoms with Gasteiger partial charge in [0.25, 0.3) is 0 Å². The molecule has 0 saturated heterocycles. The molecule has 28 heavy (non-hydrogen) atoms. The Balaban J connectivity index is 5.28. The molecule has 168 valence electrons. The second-order valence-electron chi connectivity index (χ2n) is 11.8. The molecule has 0 radical (unpaired) electrons. The molecule has 0 aromatic carbocycles. The third-order valence-electron chi connectivity index (χ3n) is 4.86. The fraction of sp³-hybridized carbons (Fsp3) is 0.957. The van der Waals surface area contributed by atoms with Crippen molar-refractivity contribution in [2.45, 2.75) is 117 Å². The Hall–Kier alpha value is -0.260. The van der Waals surface area contributed by atoms with E-state index in [0.29, 0.717) is 19.6 Å². The zero-order chi connectivity index (χ0) is 22.6. The van der Waals surface area contributed by atoms with Gasteiger partial charge in [0.1, 0.15) is 0 Å². The second kappa shape index (κ2) is 9.70. The van der Waals surface area contributed by atoms with Crippen LogP contribution in [0, 0.1) is 5.41 Å². The first-order valence-corrected chi connectivity index (χ1v) is 10.9. The average Bonchev–Trinajstić information content (AvgIpc) is 2.40. The number of hydrogen-bond donors (Lipinski definition) is 1. The molecule has 4 nitrogen and oxygen atoms in total. The van der Waals surface area contributed by atoms with Crippen molar-refractivity contribution < 1.29 is 14.3 Å². The fourth-order valence-electron chi connectivity index (χ4n) is 3.45. The number of ether oxygens (including phenoxy) is 2. The molecule has 0 aliphatic rings. The predicted molar refractivity (Wildman–Crippen MR) is 123 cm³/mol. The zero-order valence-electron chi connectivity index (χ0n) is 20.7. The van der Waals surface area contributed by atoms with Crippen LogP contribution >= 0.6 is 12.6 Å². The van der Waals surface area contributed by atoms with Crippen molar-refractivity contribution in [3.63, 3.8) is 0 Å². The number of amides is 1. The molecule has 0 aliphatic carbocycles. The maximum absolute atomic E-state index is 13.4. The van der Waals surface area contributed by atoms with Crippen molar-refractivity contribution in [2.24, 2.45) is 5.41 Å². The highest BCUT2D eigenvalue weighted by Gasteiger charge is 2.38. The lowest BCUT2D eigenvalue weighted by atomic mass is 9.86. The highest BCUT2D eigenvalue weighted by atomic mass is 32.1. The Bertz CT molecular complexity index is 499. The number of nitrogens with zero attached hydrogens (tertiary/aromatic N) is 1. The van der Waals surface area contributed by atoms with Crippen LogP contribution in [0.2, 0.25) is 0 Å². The average molecular weight is 418 g/mol. The summed E-state index contributed by atoms with van der Waals surface area (Å²) >= 11 is 4.72. The Morgan fingerprint density at radius 3 is 1.79 bits per heavy atom. The summed E-state index contributed by atoms with van der Waals surface area (Å²) in [5.74, 6) is 0.133. The fourth-order valence-corrected chi connectivity index (χ4v) is 3.84. The summed E-state index contributed by atoms with van der Waals surface area (Å²) in [4.78, 5) is 15.4. The summed E-state index contributed by atoms with van der Waals surface area (Å²) in [6.07, 6.45) is 1.95. The number of rotatable bonds is 11. The molecule has 0 N–H and O–H groups in total. The molecular weight excluding hydrogens is 370 g/mol. The van der Waals surface area contributed by atoms with E-state index in [1.54, 1.807) is 7.11 Å². The Morgan fingerprint density at radius 1 is 0.893 bits per heavy atom. The third kappa shape index (κ3) is 11.7. The first-order valence-electron chi connectivity index (χ1n) is 10.4. The smallest absolute Gasteiger partial charge is 0.225 e. The molecule has 0 fully saturated rings. The molecule has 0 saturated carbocycles. The summed E-state index contributed by atoms with van der Waals surface area (Å²) in [5.41, 5.74) is -1.02. The van der Waals surface area contributed by atoms with Gasteiger partial charge >= 0.3 is 0 Å². The molecule has 0 aromatic rings. The summed E-state index contributed by atoms with van der Waals surface area (Å²) in [6, 6.07) is 0. The van der Waals surface area contributed by atoms with E-state index in [1.165, 1.54) is 0 Å². The number of thiol groups is 1. The second-order valence-corrected chi connectivity index (χ2v) is 13.1. The molecule has 0 heterocycles. The molecular formula is C23H47NO3S. The summed E-state index contributed by atoms with van der Waals surface area (Å²) in [6.45, 7) is 24.3. The summed E-state index contributed by atoms with van der Waals surface area (Å²) < 4.78 is 11.4. The zero-order valence-corrected chi connectivity index (χ0v) is 21.5. The minimum absolute atomic E-state index is 0.0150. The van der Waals surface area contributed by atoms with Crippen LogP contribution in [0.3, 0.4) is 0 Å². The summed E-state index contributed by atoms with van der Waals surface area (Å²) in [7, 11) is 1.71. The lowest BCUT2D eigenvalue weighted by Crippen LogP contribution is -2.54. The molecule has 1 amide bonds. The number of methoxy groups -OCH3 is 1. The van der Waals surface area contributed by atoms with Gasteiger partial charge in [0, 0.05) is 23.9 Å². The van der Waals surface area contributed by atoms with Crippen LogP contribution in [0.1, 0.15) is 95.4 Å². The van der Waals surface area contributed by atoms with Crippen molar-refractivity contribution in [1.29, 1.82) is 0 Å². The van der Waals surface area contributed by atoms with E-state index in [2.05, 4.69) is 48.5 Å². The van der Waals surface area contributed by atoms with Gasteiger partial charge in [-0.3, -0.25) is 4.79 Å². The quantitative estimate of drug-likeness (QED) is 0.436. The first-order chi connectivity index (χ1) is 12.2. The van der Waals surface area contributed by atoms with Crippen LogP contribution in [0.4, 0.5) is 0 Å². The van der Waals surface area contributed by atoms with Gasteiger partial charge in [-0.1, -0.05) is 34.6 Å². The van der Waals surface area contributed by atoms with Gasteiger partial charge in [-0.25, -0.2) is 0 Å². The van der Waals surface area contributed by atoms with E-state index in [4.69, 9.17) is 22.1 Å². The van der Waals surface area contributed by atoms with Crippen LogP contribution in [-0.4, -0.2) is 52.6 Å². The van der Waals surface area contributed by atoms with Crippen LogP contribution in [0.25, 0.3) is 0 Å². The molecule has 0 rings (SSSR count). The Labute approximate surface area is 180 Å². The van der Waals surface area contributed by atoms with E-state index >= 15 is 0 Å². The normalized spacial score (nSPS) is 14.3.